The molecule has 2 heteroatoms. The average molecular weight is 402 g/mol. The minimum Gasteiger partial charge on any atom is -0.375 e. The van der Waals surface area contributed by atoms with E-state index in [0.717, 1.165) is 36.7 Å². The van der Waals surface area contributed by atoms with Gasteiger partial charge < -0.3 is 10.5 Å². The van der Waals surface area contributed by atoms with E-state index in [9.17, 15) is 0 Å². The SMILES string of the molecule is CCCOC1(C)CCC2C3CCC4(CC)CC(N)CCC4(C)C3CCC21C1CC1. The van der Waals surface area contributed by atoms with E-state index in [1.165, 1.54) is 77.0 Å². The fraction of sp³-hybridized carbons (Fsp3) is 1.00. The maximum Gasteiger partial charge on any atom is 0.0715 e. The molecule has 0 bridgehead atoms. The minimum atomic E-state index is 0.148. The summed E-state index contributed by atoms with van der Waals surface area (Å²) in [7, 11) is 0. The van der Waals surface area contributed by atoms with Gasteiger partial charge in [-0.25, -0.2) is 0 Å². The third kappa shape index (κ3) is 2.66. The molecule has 0 aliphatic heterocycles. The van der Waals surface area contributed by atoms with Crippen LogP contribution in [-0.4, -0.2) is 18.2 Å². The molecule has 5 saturated carbocycles. The van der Waals surface area contributed by atoms with E-state index in [4.69, 9.17) is 10.5 Å². The minimum absolute atomic E-state index is 0.148. The van der Waals surface area contributed by atoms with Crippen LogP contribution in [0, 0.1) is 39.9 Å². The number of nitrogens with two attached hydrogens (primary N) is 1. The first-order valence-electron chi connectivity index (χ1n) is 13.3. The molecule has 166 valence electrons. The molecule has 0 aromatic carbocycles. The van der Waals surface area contributed by atoms with Crippen molar-refractivity contribution in [1.29, 1.82) is 0 Å². The fourth-order valence-corrected chi connectivity index (χ4v) is 10.2. The standard InChI is InChI=1S/C27H47NO/c1-5-17-29-25(4)14-11-23-21-10-15-26(6-2)18-20(28)9-13-24(26,3)22(21)12-16-27(23,25)19-7-8-19/h19-23H,5-18,28H2,1-4H3. The second kappa shape index (κ2) is 6.96. The summed E-state index contributed by atoms with van der Waals surface area (Å²) in [5.41, 5.74) is 8.24. The average Bonchev–Trinajstić information content (AvgIpc) is 3.52. The quantitative estimate of drug-likeness (QED) is 0.555. The summed E-state index contributed by atoms with van der Waals surface area (Å²) in [5, 5.41) is 0. The first-order valence-corrected chi connectivity index (χ1v) is 13.3. The van der Waals surface area contributed by atoms with Gasteiger partial charge in [0, 0.05) is 18.1 Å². The van der Waals surface area contributed by atoms with Crippen molar-refractivity contribution in [3.63, 3.8) is 0 Å². The maximum atomic E-state index is 6.76. The molecule has 2 N–H and O–H groups in total. The highest BCUT2D eigenvalue weighted by Gasteiger charge is 2.70. The van der Waals surface area contributed by atoms with E-state index in [-0.39, 0.29) is 5.60 Å². The van der Waals surface area contributed by atoms with Gasteiger partial charge in [0.1, 0.15) is 0 Å². The van der Waals surface area contributed by atoms with E-state index >= 15 is 0 Å². The molecule has 0 radical (unpaired) electrons. The molecule has 5 aliphatic carbocycles. The van der Waals surface area contributed by atoms with Crippen LogP contribution in [0.4, 0.5) is 0 Å². The van der Waals surface area contributed by atoms with Crippen molar-refractivity contribution in [3.8, 4) is 0 Å². The molecule has 5 rings (SSSR count). The van der Waals surface area contributed by atoms with Crippen LogP contribution < -0.4 is 5.73 Å². The predicted octanol–water partition coefficient (Wildman–Crippen LogP) is 6.71. The Morgan fingerprint density at radius 2 is 1.62 bits per heavy atom. The Hall–Kier alpha value is -0.0800. The highest BCUT2D eigenvalue weighted by atomic mass is 16.5. The van der Waals surface area contributed by atoms with Gasteiger partial charge in [-0.3, -0.25) is 0 Å². The monoisotopic (exact) mass is 401 g/mol. The predicted molar refractivity (Wildman–Crippen MR) is 121 cm³/mol. The molecule has 5 fully saturated rings. The zero-order valence-corrected chi connectivity index (χ0v) is 19.8. The van der Waals surface area contributed by atoms with Gasteiger partial charge in [-0.15, -0.1) is 0 Å². The second-order valence-corrected chi connectivity index (χ2v) is 12.4. The van der Waals surface area contributed by atoms with Crippen molar-refractivity contribution in [2.45, 2.75) is 123 Å². The van der Waals surface area contributed by atoms with Crippen molar-refractivity contribution in [2.24, 2.45) is 45.7 Å². The summed E-state index contributed by atoms with van der Waals surface area (Å²) >= 11 is 0. The lowest BCUT2D eigenvalue weighted by Crippen LogP contribution is -2.62. The smallest absolute Gasteiger partial charge is 0.0715 e. The number of hydrogen-bond acceptors (Lipinski definition) is 2. The second-order valence-electron chi connectivity index (χ2n) is 12.4. The maximum absolute atomic E-state index is 6.76. The van der Waals surface area contributed by atoms with Crippen LogP contribution in [0.2, 0.25) is 0 Å². The molecule has 8 atom stereocenters. The van der Waals surface area contributed by atoms with Gasteiger partial charge in [0.2, 0.25) is 0 Å². The molecule has 0 saturated heterocycles. The number of hydrogen-bond donors (Lipinski definition) is 1. The van der Waals surface area contributed by atoms with Crippen molar-refractivity contribution < 1.29 is 4.74 Å². The molecule has 29 heavy (non-hydrogen) atoms. The number of ether oxygens (including phenoxy) is 1. The van der Waals surface area contributed by atoms with Crippen LogP contribution in [0.25, 0.3) is 0 Å². The summed E-state index contributed by atoms with van der Waals surface area (Å²) in [5.74, 6) is 3.78. The van der Waals surface area contributed by atoms with Crippen molar-refractivity contribution in [1.82, 2.24) is 0 Å². The van der Waals surface area contributed by atoms with Gasteiger partial charge in [-0.05, 0) is 125 Å². The molecule has 0 amide bonds. The molecule has 0 spiro atoms. The van der Waals surface area contributed by atoms with E-state index in [1.54, 1.807) is 0 Å². The topological polar surface area (TPSA) is 35.2 Å². The third-order valence-corrected chi connectivity index (χ3v) is 11.8. The zero-order chi connectivity index (χ0) is 20.5. The van der Waals surface area contributed by atoms with E-state index < -0.39 is 0 Å². The summed E-state index contributed by atoms with van der Waals surface area (Å²) in [4.78, 5) is 0. The molecule has 0 aromatic rings. The Bertz CT molecular complexity index is 630. The highest BCUT2D eigenvalue weighted by Crippen LogP contribution is 2.75. The van der Waals surface area contributed by atoms with Crippen molar-refractivity contribution in [2.75, 3.05) is 6.61 Å². The summed E-state index contributed by atoms with van der Waals surface area (Å²) in [6.07, 6.45) is 18.0. The summed E-state index contributed by atoms with van der Waals surface area (Å²) in [6.45, 7) is 10.9. The Labute approximate surface area is 180 Å². The molecule has 8 unspecified atom stereocenters. The summed E-state index contributed by atoms with van der Waals surface area (Å²) in [6, 6.07) is 0.450. The van der Waals surface area contributed by atoms with Crippen LogP contribution in [0.1, 0.15) is 111 Å². The van der Waals surface area contributed by atoms with E-state index in [1.807, 2.05) is 0 Å². The largest absolute Gasteiger partial charge is 0.375 e. The van der Waals surface area contributed by atoms with Crippen LogP contribution >= 0.6 is 0 Å². The van der Waals surface area contributed by atoms with Gasteiger partial charge in [0.15, 0.2) is 0 Å². The molecular weight excluding hydrogens is 354 g/mol. The van der Waals surface area contributed by atoms with Gasteiger partial charge in [-0.2, -0.15) is 0 Å². The Morgan fingerprint density at radius 3 is 2.31 bits per heavy atom. The van der Waals surface area contributed by atoms with Crippen LogP contribution in [0.3, 0.4) is 0 Å². The van der Waals surface area contributed by atoms with Crippen molar-refractivity contribution in [3.05, 3.63) is 0 Å². The number of rotatable bonds is 5. The van der Waals surface area contributed by atoms with Crippen LogP contribution in [0.5, 0.6) is 0 Å². The first-order chi connectivity index (χ1) is 13.9. The molecule has 2 nitrogen and oxygen atoms in total. The Morgan fingerprint density at radius 1 is 0.862 bits per heavy atom. The van der Waals surface area contributed by atoms with Crippen LogP contribution in [0.15, 0.2) is 0 Å². The van der Waals surface area contributed by atoms with Gasteiger partial charge in [0.05, 0.1) is 5.60 Å². The fourth-order valence-electron chi connectivity index (χ4n) is 10.2. The van der Waals surface area contributed by atoms with E-state index in [0.29, 0.717) is 22.3 Å². The summed E-state index contributed by atoms with van der Waals surface area (Å²) < 4.78 is 6.76. The molecule has 5 aliphatic rings. The molecule has 0 heterocycles. The first kappa shape index (κ1) is 20.8. The highest BCUT2D eigenvalue weighted by molar-refractivity contribution is 5.20. The van der Waals surface area contributed by atoms with E-state index in [2.05, 4.69) is 27.7 Å². The van der Waals surface area contributed by atoms with Gasteiger partial charge in [0.25, 0.3) is 0 Å². The normalized spacial score (nSPS) is 54.5. The third-order valence-electron chi connectivity index (χ3n) is 11.8. The Kier molecular flexibility index (Phi) is 4.99. The molecular formula is C27H47NO. The van der Waals surface area contributed by atoms with Gasteiger partial charge >= 0.3 is 0 Å². The zero-order valence-electron chi connectivity index (χ0n) is 19.8. The lowest BCUT2D eigenvalue weighted by molar-refractivity contribution is -0.202. The lowest BCUT2D eigenvalue weighted by Gasteiger charge is -2.67. The number of fused-ring (bicyclic) bond motifs is 5. The van der Waals surface area contributed by atoms with Gasteiger partial charge in [-0.1, -0.05) is 20.8 Å². The Balaban J connectivity index is 1.49. The van der Waals surface area contributed by atoms with Crippen molar-refractivity contribution >= 4 is 0 Å². The molecule has 0 aromatic heterocycles. The van der Waals surface area contributed by atoms with Crippen LogP contribution in [-0.2, 0) is 4.74 Å². The lowest BCUT2D eigenvalue weighted by atomic mass is 9.38.